The monoisotopic (exact) mass is 260 g/mol. The zero-order chi connectivity index (χ0) is 12.4. The fourth-order valence-corrected chi connectivity index (χ4v) is 3.24. The van der Waals surface area contributed by atoms with Gasteiger partial charge in [0.25, 0.3) is 0 Å². The van der Waals surface area contributed by atoms with Gasteiger partial charge in [-0.2, -0.15) is 0 Å². The van der Waals surface area contributed by atoms with Gasteiger partial charge in [-0.05, 0) is 5.56 Å². The molecule has 1 aliphatic heterocycles. The van der Waals surface area contributed by atoms with Crippen molar-refractivity contribution in [2.45, 2.75) is 19.6 Å². The van der Waals surface area contributed by atoms with Crippen LogP contribution in [0.5, 0.6) is 0 Å². The topological polar surface area (TPSA) is 34.1 Å². The number of rotatable bonds is 3. The van der Waals surface area contributed by atoms with Gasteiger partial charge in [-0.1, -0.05) is 24.3 Å². The molecule has 4 heteroatoms. The van der Waals surface area contributed by atoms with Crippen LogP contribution in [0.3, 0.4) is 0 Å². The van der Waals surface area contributed by atoms with E-state index in [9.17, 15) is 0 Å². The molecular formula is C14H16N2OS. The number of aromatic nitrogens is 1. The van der Waals surface area contributed by atoms with Gasteiger partial charge in [0, 0.05) is 37.1 Å². The predicted octanol–water partition coefficient (Wildman–Crippen LogP) is 2.60. The Hall–Kier alpha value is -1.23. The summed E-state index contributed by atoms with van der Waals surface area (Å²) in [6.07, 6.45) is 1.05. The highest BCUT2D eigenvalue weighted by Gasteiger charge is 2.15. The summed E-state index contributed by atoms with van der Waals surface area (Å²) in [7, 11) is 1.72. The lowest BCUT2D eigenvalue weighted by Crippen LogP contribution is -2.22. The quantitative estimate of drug-likeness (QED) is 0.921. The van der Waals surface area contributed by atoms with E-state index < -0.39 is 0 Å². The molecule has 2 aromatic rings. The zero-order valence-corrected chi connectivity index (χ0v) is 11.2. The second kappa shape index (κ2) is 5.18. The van der Waals surface area contributed by atoms with E-state index >= 15 is 0 Å². The van der Waals surface area contributed by atoms with E-state index in [0.29, 0.717) is 6.61 Å². The summed E-state index contributed by atoms with van der Waals surface area (Å²) >= 11 is 1.80. The molecule has 0 bridgehead atoms. The second-order valence-electron chi connectivity index (χ2n) is 4.45. The molecule has 2 heterocycles. The van der Waals surface area contributed by atoms with Crippen LogP contribution in [0, 0.1) is 0 Å². The fraction of sp³-hybridized carbons (Fsp3) is 0.357. The Kier molecular flexibility index (Phi) is 3.41. The maximum atomic E-state index is 5.12. The average molecular weight is 260 g/mol. The Morgan fingerprint density at radius 2 is 2.17 bits per heavy atom. The Morgan fingerprint density at radius 1 is 1.33 bits per heavy atom. The summed E-state index contributed by atoms with van der Waals surface area (Å²) in [6, 6.07) is 8.48. The minimum Gasteiger partial charge on any atom is -0.380 e. The molecule has 18 heavy (non-hydrogen) atoms. The molecule has 0 atom stereocenters. The summed E-state index contributed by atoms with van der Waals surface area (Å²) in [5, 5.41) is 4.52. The molecule has 1 aromatic carbocycles. The van der Waals surface area contributed by atoms with E-state index in [1.165, 1.54) is 21.7 Å². The first-order valence-electron chi connectivity index (χ1n) is 6.14. The van der Waals surface area contributed by atoms with Crippen molar-refractivity contribution in [3.05, 3.63) is 40.4 Å². The first-order valence-corrected chi connectivity index (χ1v) is 6.96. The van der Waals surface area contributed by atoms with Crippen LogP contribution >= 0.6 is 11.3 Å². The summed E-state index contributed by atoms with van der Waals surface area (Å²) in [4.78, 5) is 6.13. The van der Waals surface area contributed by atoms with E-state index in [-0.39, 0.29) is 0 Å². The lowest BCUT2D eigenvalue weighted by Gasteiger charge is -2.09. The summed E-state index contributed by atoms with van der Waals surface area (Å²) < 4.78 is 5.12. The highest BCUT2D eigenvalue weighted by molar-refractivity contribution is 7.15. The SMILES string of the molecule is COCc1ccc(-c2nc3c(s2)CNCC3)cc1. The number of hydrogen-bond donors (Lipinski definition) is 1. The third kappa shape index (κ3) is 2.32. The van der Waals surface area contributed by atoms with Crippen molar-refractivity contribution < 1.29 is 4.74 Å². The molecule has 0 unspecified atom stereocenters. The number of thiazole rings is 1. The Balaban J connectivity index is 1.87. The van der Waals surface area contributed by atoms with Gasteiger partial charge in [-0.3, -0.25) is 0 Å². The van der Waals surface area contributed by atoms with Crippen molar-refractivity contribution in [1.29, 1.82) is 0 Å². The van der Waals surface area contributed by atoms with Crippen molar-refractivity contribution in [1.82, 2.24) is 10.3 Å². The molecule has 0 spiro atoms. The van der Waals surface area contributed by atoms with Gasteiger partial charge in [0.15, 0.2) is 0 Å². The van der Waals surface area contributed by atoms with Gasteiger partial charge in [0.2, 0.25) is 0 Å². The molecule has 1 aliphatic rings. The van der Waals surface area contributed by atoms with Crippen molar-refractivity contribution in [2.75, 3.05) is 13.7 Å². The van der Waals surface area contributed by atoms with E-state index in [4.69, 9.17) is 9.72 Å². The zero-order valence-electron chi connectivity index (χ0n) is 10.4. The van der Waals surface area contributed by atoms with Crippen LogP contribution in [0.1, 0.15) is 16.1 Å². The van der Waals surface area contributed by atoms with Crippen molar-refractivity contribution in [2.24, 2.45) is 0 Å². The van der Waals surface area contributed by atoms with E-state index in [1.54, 1.807) is 18.4 Å². The number of nitrogens with zero attached hydrogens (tertiary/aromatic N) is 1. The normalized spacial score (nSPS) is 14.5. The molecule has 0 saturated carbocycles. The molecule has 0 radical (unpaired) electrons. The van der Waals surface area contributed by atoms with Gasteiger partial charge in [-0.25, -0.2) is 4.98 Å². The Bertz CT molecular complexity index is 510. The van der Waals surface area contributed by atoms with Crippen LogP contribution in [0.4, 0.5) is 0 Å². The van der Waals surface area contributed by atoms with Crippen molar-refractivity contribution in [3.63, 3.8) is 0 Å². The van der Waals surface area contributed by atoms with E-state index in [2.05, 4.69) is 29.6 Å². The molecule has 1 N–H and O–H groups in total. The second-order valence-corrected chi connectivity index (χ2v) is 5.53. The Labute approximate surface area is 111 Å². The Morgan fingerprint density at radius 3 is 2.89 bits per heavy atom. The van der Waals surface area contributed by atoms with Crippen LogP contribution in [0.25, 0.3) is 10.6 Å². The lowest BCUT2D eigenvalue weighted by molar-refractivity contribution is 0.185. The molecule has 3 nitrogen and oxygen atoms in total. The molecule has 0 fully saturated rings. The maximum Gasteiger partial charge on any atom is 0.123 e. The number of ether oxygens (including phenoxy) is 1. The molecular weight excluding hydrogens is 244 g/mol. The van der Waals surface area contributed by atoms with E-state index in [1.807, 2.05) is 0 Å². The standard InChI is InChI=1S/C14H16N2OS/c1-17-9-10-2-4-11(5-3-10)14-16-12-6-7-15-8-13(12)18-14/h2-5,15H,6-9H2,1H3. The van der Waals surface area contributed by atoms with Gasteiger partial charge >= 0.3 is 0 Å². The third-order valence-electron chi connectivity index (χ3n) is 3.11. The molecule has 0 aliphatic carbocycles. The third-order valence-corrected chi connectivity index (χ3v) is 4.26. The van der Waals surface area contributed by atoms with Crippen LogP contribution in [-0.2, 0) is 24.3 Å². The van der Waals surface area contributed by atoms with Gasteiger partial charge < -0.3 is 10.1 Å². The smallest absolute Gasteiger partial charge is 0.123 e. The highest BCUT2D eigenvalue weighted by atomic mass is 32.1. The van der Waals surface area contributed by atoms with E-state index in [0.717, 1.165) is 24.5 Å². The van der Waals surface area contributed by atoms with Crippen molar-refractivity contribution in [3.8, 4) is 10.6 Å². The first kappa shape index (κ1) is 11.8. The predicted molar refractivity (Wildman–Crippen MR) is 73.7 cm³/mol. The van der Waals surface area contributed by atoms with Crippen LogP contribution in [0.2, 0.25) is 0 Å². The number of methoxy groups -OCH3 is 1. The highest BCUT2D eigenvalue weighted by Crippen LogP contribution is 2.29. The van der Waals surface area contributed by atoms with Gasteiger partial charge in [0.05, 0.1) is 12.3 Å². The van der Waals surface area contributed by atoms with Crippen LogP contribution in [-0.4, -0.2) is 18.6 Å². The summed E-state index contributed by atoms with van der Waals surface area (Å²) in [6.45, 7) is 2.68. The first-order chi connectivity index (χ1) is 8.86. The number of benzene rings is 1. The molecule has 0 saturated heterocycles. The van der Waals surface area contributed by atoms with Gasteiger partial charge in [-0.15, -0.1) is 11.3 Å². The lowest BCUT2D eigenvalue weighted by atomic mass is 10.1. The minimum absolute atomic E-state index is 0.665. The maximum absolute atomic E-state index is 5.12. The molecule has 3 rings (SSSR count). The minimum atomic E-state index is 0.665. The number of hydrogen-bond acceptors (Lipinski definition) is 4. The molecule has 0 amide bonds. The number of nitrogens with one attached hydrogen (secondary N) is 1. The fourth-order valence-electron chi connectivity index (χ4n) is 2.16. The largest absolute Gasteiger partial charge is 0.380 e. The molecule has 1 aromatic heterocycles. The average Bonchev–Trinajstić information content (AvgIpc) is 2.84. The summed E-state index contributed by atoms with van der Waals surface area (Å²) in [5.41, 5.74) is 3.67. The van der Waals surface area contributed by atoms with Crippen molar-refractivity contribution >= 4 is 11.3 Å². The van der Waals surface area contributed by atoms with Gasteiger partial charge in [0.1, 0.15) is 5.01 Å². The number of fused-ring (bicyclic) bond motifs is 1. The van der Waals surface area contributed by atoms with Crippen LogP contribution < -0.4 is 5.32 Å². The molecule has 94 valence electrons. The van der Waals surface area contributed by atoms with Crippen LogP contribution in [0.15, 0.2) is 24.3 Å². The summed E-state index contributed by atoms with van der Waals surface area (Å²) in [5.74, 6) is 0.